The molecule has 1 N–H and O–H groups in total. The summed E-state index contributed by atoms with van der Waals surface area (Å²) in [4.78, 5) is 17.9. The maximum absolute atomic E-state index is 12.7. The van der Waals surface area contributed by atoms with Gasteiger partial charge in [-0.3, -0.25) is 4.79 Å². The van der Waals surface area contributed by atoms with Crippen LogP contribution < -0.4 is 14.8 Å². The van der Waals surface area contributed by atoms with Crippen molar-refractivity contribution in [3.05, 3.63) is 51.2 Å². The van der Waals surface area contributed by atoms with Crippen molar-refractivity contribution in [1.82, 2.24) is 10.3 Å². The molecular weight excluding hydrogens is 420 g/mol. The zero-order chi connectivity index (χ0) is 20.9. The first-order valence-corrected chi connectivity index (χ1v) is 11.6. The first-order chi connectivity index (χ1) is 14.6. The highest BCUT2D eigenvalue weighted by Crippen LogP contribution is 2.30. The summed E-state index contributed by atoms with van der Waals surface area (Å²) in [7, 11) is 1.61. The van der Waals surface area contributed by atoms with Gasteiger partial charge in [-0.1, -0.05) is 6.07 Å². The molecule has 0 bridgehead atoms. The Kier molecular flexibility index (Phi) is 6.66. The van der Waals surface area contributed by atoms with E-state index < -0.39 is 0 Å². The molecule has 0 radical (unpaired) electrons. The Balaban J connectivity index is 1.37. The third kappa shape index (κ3) is 4.83. The van der Waals surface area contributed by atoms with Crippen LogP contribution >= 0.6 is 22.7 Å². The van der Waals surface area contributed by atoms with Crippen molar-refractivity contribution in [2.75, 3.05) is 20.3 Å². The molecule has 6 nitrogen and oxygen atoms in total. The molecule has 30 heavy (non-hydrogen) atoms. The van der Waals surface area contributed by atoms with E-state index >= 15 is 0 Å². The number of methoxy groups -OCH3 is 1. The zero-order valence-corrected chi connectivity index (χ0v) is 18.6. The van der Waals surface area contributed by atoms with Crippen molar-refractivity contribution in [3.63, 3.8) is 0 Å². The van der Waals surface area contributed by atoms with Gasteiger partial charge in [-0.15, -0.1) is 11.3 Å². The molecular formula is C22H24N2O4S2. The van der Waals surface area contributed by atoms with Crippen molar-refractivity contribution >= 4 is 28.6 Å². The molecule has 1 saturated heterocycles. The number of hydrogen-bond acceptors (Lipinski definition) is 7. The van der Waals surface area contributed by atoms with E-state index in [0.29, 0.717) is 29.5 Å². The third-order valence-corrected chi connectivity index (χ3v) is 6.79. The van der Waals surface area contributed by atoms with Gasteiger partial charge in [-0.05, 0) is 48.9 Å². The van der Waals surface area contributed by atoms with Crippen LogP contribution in [0.25, 0.3) is 10.6 Å². The lowest BCUT2D eigenvalue weighted by atomic mass is 10.2. The highest BCUT2D eigenvalue weighted by Gasteiger charge is 2.18. The van der Waals surface area contributed by atoms with E-state index in [1.54, 1.807) is 18.4 Å². The minimum Gasteiger partial charge on any atom is -0.493 e. The predicted octanol–water partition coefficient (Wildman–Crippen LogP) is 4.68. The van der Waals surface area contributed by atoms with Gasteiger partial charge in [0, 0.05) is 24.1 Å². The van der Waals surface area contributed by atoms with Crippen LogP contribution in [0.2, 0.25) is 0 Å². The van der Waals surface area contributed by atoms with Crippen LogP contribution in [0, 0.1) is 6.92 Å². The Labute approximate surface area is 183 Å². The number of ether oxygens (including phenoxy) is 3. The molecule has 1 fully saturated rings. The van der Waals surface area contributed by atoms with Crippen LogP contribution in [0.5, 0.6) is 11.5 Å². The zero-order valence-electron chi connectivity index (χ0n) is 17.0. The molecule has 1 atom stereocenters. The van der Waals surface area contributed by atoms with Gasteiger partial charge in [0.15, 0.2) is 11.5 Å². The highest BCUT2D eigenvalue weighted by molar-refractivity contribution is 7.17. The van der Waals surface area contributed by atoms with Gasteiger partial charge >= 0.3 is 0 Å². The number of benzene rings is 1. The van der Waals surface area contributed by atoms with Crippen LogP contribution in [0.3, 0.4) is 0 Å². The first-order valence-electron chi connectivity index (χ1n) is 9.83. The highest BCUT2D eigenvalue weighted by atomic mass is 32.1. The topological polar surface area (TPSA) is 69.7 Å². The molecule has 8 heteroatoms. The molecule has 158 valence electrons. The molecule has 1 unspecified atom stereocenters. The SMILES string of the molecule is COc1cc(CNC(=O)c2sc(-c3ccsc3)nc2C)ccc1OCC1CCCO1. The average Bonchev–Trinajstić information content (AvgIpc) is 3.52. The summed E-state index contributed by atoms with van der Waals surface area (Å²) in [6.07, 6.45) is 2.25. The molecule has 3 heterocycles. The maximum atomic E-state index is 12.7. The number of nitrogens with one attached hydrogen (secondary N) is 1. The smallest absolute Gasteiger partial charge is 0.263 e. The van der Waals surface area contributed by atoms with E-state index in [2.05, 4.69) is 10.3 Å². The van der Waals surface area contributed by atoms with Crippen LogP contribution in [-0.4, -0.2) is 37.3 Å². The molecule has 3 aromatic rings. The van der Waals surface area contributed by atoms with E-state index in [1.165, 1.54) is 11.3 Å². The van der Waals surface area contributed by atoms with E-state index in [-0.39, 0.29) is 12.0 Å². The fourth-order valence-electron chi connectivity index (χ4n) is 3.28. The van der Waals surface area contributed by atoms with Gasteiger partial charge in [-0.2, -0.15) is 11.3 Å². The number of nitrogens with zero attached hydrogens (tertiary/aromatic N) is 1. The Morgan fingerprint density at radius 2 is 2.23 bits per heavy atom. The maximum Gasteiger partial charge on any atom is 0.263 e. The Morgan fingerprint density at radius 1 is 1.33 bits per heavy atom. The number of rotatable bonds is 8. The average molecular weight is 445 g/mol. The summed E-state index contributed by atoms with van der Waals surface area (Å²) in [5.74, 6) is 1.21. The number of carbonyl (C=O) groups excluding carboxylic acids is 1. The number of aryl methyl sites for hydroxylation is 1. The number of aromatic nitrogens is 1. The lowest BCUT2D eigenvalue weighted by molar-refractivity contribution is 0.0669. The van der Waals surface area contributed by atoms with Gasteiger partial charge in [0.05, 0.1) is 18.9 Å². The molecule has 0 saturated carbocycles. The molecule has 0 aliphatic carbocycles. The molecule has 1 aromatic carbocycles. The van der Waals surface area contributed by atoms with E-state index in [4.69, 9.17) is 14.2 Å². The molecule has 0 spiro atoms. The Hall–Kier alpha value is -2.42. The summed E-state index contributed by atoms with van der Waals surface area (Å²) >= 11 is 3.03. The van der Waals surface area contributed by atoms with E-state index in [0.717, 1.165) is 41.3 Å². The van der Waals surface area contributed by atoms with Crippen molar-refractivity contribution in [1.29, 1.82) is 0 Å². The van der Waals surface area contributed by atoms with Gasteiger partial charge in [0.2, 0.25) is 0 Å². The number of carbonyl (C=O) groups is 1. The monoisotopic (exact) mass is 444 g/mol. The van der Waals surface area contributed by atoms with E-state index in [9.17, 15) is 4.79 Å². The summed E-state index contributed by atoms with van der Waals surface area (Å²) in [6.45, 7) is 3.58. The second-order valence-electron chi connectivity index (χ2n) is 7.06. The number of thiazole rings is 1. The lowest BCUT2D eigenvalue weighted by Gasteiger charge is -2.15. The standard InChI is InChI=1S/C22H24N2O4S2/c1-14-20(30-22(24-14)16-7-9-29-13-16)21(25)23-11-15-5-6-18(19(10-15)26-2)28-12-17-4-3-8-27-17/h5-7,9-10,13,17H,3-4,8,11-12H2,1-2H3,(H,23,25). The van der Waals surface area contributed by atoms with Crippen LogP contribution in [-0.2, 0) is 11.3 Å². The summed E-state index contributed by atoms with van der Waals surface area (Å²) in [5, 5.41) is 7.89. The normalized spacial score (nSPS) is 15.9. The lowest BCUT2D eigenvalue weighted by Crippen LogP contribution is -2.22. The predicted molar refractivity (Wildman–Crippen MR) is 119 cm³/mol. The van der Waals surface area contributed by atoms with Gasteiger partial charge in [-0.25, -0.2) is 4.98 Å². The second-order valence-corrected chi connectivity index (χ2v) is 8.84. The van der Waals surface area contributed by atoms with Crippen molar-refractivity contribution in [2.45, 2.75) is 32.4 Å². The molecule has 2 aromatic heterocycles. The Morgan fingerprint density at radius 3 is 2.97 bits per heavy atom. The number of thiophene rings is 1. The van der Waals surface area contributed by atoms with Crippen molar-refractivity contribution in [3.8, 4) is 22.1 Å². The van der Waals surface area contributed by atoms with Gasteiger partial charge in [0.25, 0.3) is 5.91 Å². The Bertz CT molecular complexity index is 995. The molecule has 1 aliphatic heterocycles. The molecule has 1 amide bonds. The summed E-state index contributed by atoms with van der Waals surface area (Å²) in [6, 6.07) is 7.71. The number of amides is 1. The second kappa shape index (κ2) is 9.59. The van der Waals surface area contributed by atoms with E-state index in [1.807, 2.05) is 41.9 Å². The first kappa shape index (κ1) is 20.8. The third-order valence-electron chi connectivity index (χ3n) is 4.90. The van der Waals surface area contributed by atoms with Crippen LogP contribution in [0.1, 0.15) is 33.8 Å². The van der Waals surface area contributed by atoms with Crippen LogP contribution in [0.15, 0.2) is 35.0 Å². The fraction of sp³-hybridized carbons (Fsp3) is 0.364. The quantitative estimate of drug-likeness (QED) is 0.546. The van der Waals surface area contributed by atoms with Gasteiger partial charge in [0.1, 0.15) is 16.5 Å². The van der Waals surface area contributed by atoms with Crippen LogP contribution in [0.4, 0.5) is 0 Å². The summed E-state index contributed by atoms with van der Waals surface area (Å²) in [5.41, 5.74) is 2.73. The van der Waals surface area contributed by atoms with Crippen molar-refractivity contribution < 1.29 is 19.0 Å². The fourth-order valence-corrected chi connectivity index (χ4v) is 4.97. The minimum atomic E-state index is -0.121. The van der Waals surface area contributed by atoms with Crippen molar-refractivity contribution in [2.24, 2.45) is 0 Å². The summed E-state index contributed by atoms with van der Waals surface area (Å²) < 4.78 is 16.9. The number of hydrogen-bond donors (Lipinski definition) is 1. The molecule has 1 aliphatic rings. The largest absolute Gasteiger partial charge is 0.493 e. The van der Waals surface area contributed by atoms with Gasteiger partial charge < -0.3 is 19.5 Å². The molecule has 4 rings (SSSR count). The minimum absolute atomic E-state index is 0.121.